The van der Waals surface area contributed by atoms with Gasteiger partial charge in [-0.15, -0.1) is 10.1 Å². The van der Waals surface area contributed by atoms with Crippen molar-refractivity contribution in [3.63, 3.8) is 0 Å². The number of hydrazone groups is 1. The lowest BCUT2D eigenvalue weighted by molar-refractivity contribution is -0.596. The first-order valence-corrected chi connectivity index (χ1v) is 10.0. The molecule has 1 saturated heterocycles. The smallest absolute Gasteiger partial charge is 0.304 e. The topological polar surface area (TPSA) is 61.2 Å². The standard InChI is InChI=1S/C24H20ClN3O2/c1-16-6-5-9-19(14-16)23(29)26-21-22(18-10-12-20(25)13-11-18)28(27-24(21)30)15-17-7-3-2-4-8-17/h2-15,21-22H,1H3,(H-,26,27,29,30)/p+1/b28-15-/t21-,22-/m0/s1. The zero-order valence-electron chi connectivity index (χ0n) is 16.4. The zero-order chi connectivity index (χ0) is 21.1. The second-order valence-corrected chi connectivity index (χ2v) is 7.68. The summed E-state index contributed by atoms with van der Waals surface area (Å²) in [7, 11) is 0. The van der Waals surface area contributed by atoms with Crippen molar-refractivity contribution in [1.82, 2.24) is 10.7 Å². The summed E-state index contributed by atoms with van der Waals surface area (Å²) >= 11 is 6.06. The highest BCUT2D eigenvalue weighted by molar-refractivity contribution is 6.30. The van der Waals surface area contributed by atoms with Gasteiger partial charge in [0.2, 0.25) is 12.3 Å². The predicted molar refractivity (Wildman–Crippen MR) is 117 cm³/mol. The molecule has 0 saturated carbocycles. The van der Waals surface area contributed by atoms with Crippen LogP contribution in [0.2, 0.25) is 5.02 Å². The molecule has 30 heavy (non-hydrogen) atoms. The lowest BCUT2D eigenvalue weighted by atomic mass is 9.99. The quantitative estimate of drug-likeness (QED) is 0.635. The van der Waals surface area contributed by atoms with Crippen molar-refractivity contribution < 1.29 is 14.3 Å². The van der Waals surface area contributed by atoms with E-state index < -0.39 is 12.1 Å². The van der Waals surface area contributed by atoms with Gasteiger partial charge in [0.25, 0.3) is 5.91 Å². The zero-order valence-corrected chi connectivity index (χ0v) is 17.1. The van der Waals surface area contributed by atoms with Gasteiger partial charge in [-0.05, 0) is 43.3 Å². The summed E-state index contributed by atoms with van der Waals surface area (Å²) < 4.78 is 1.74. The van der Waals surface area contributed by atoms with Crippen LogP contribution in [0.5, 0.6) is 0 Å². The summed E-state index contributed by atoms with van der Waals surface area (Å²) in [5.41, 5.74) is 6.16. The Balaban J connectivity index is 1.70. The number of carbonyl (C=O) groups excluding carboxylic acids is 2. The van der Waals surface area contributed by atoms with Gasteiger partial charge in [0.15, 0.2) is 6.04 Å². The molecule has 0 radical (unpaired) electrons. The molecule has 150 valence electrons. The van der Waals surface area contributed by atoms with Gasteiger partial charge in [0.1, 0.15) is 0 Å². The number of rotatable bonds is 4. The minimum atomic E-state index is -0.765. The highest BCUT2D eigenvalue weighted by atomic mass is 35.5. The molecule has 5 nitrogen and oxygen atoms in total. The number of nitrogens with one attached hydrogen (secondary N) is 2. The van der Waals surface area contributed by atoms with E-state index in [0.717, 1.165) is 16.7 Å². The Morgan fingerprint density at radius 3 is 2.47 bits per heavy atom. The maximum Gasteiger partial charge on any atom is 0.304 e. The Morgan fingerprint density at radius 1 is 1.03 bits per heavy atom. The van der Waals surface area contributed by atoms with Gasteiger partial charge in [-0.2, -0.15) is 0 Å². The average Bonchev–Trinajstić information content (AvgIpc) is 3.04. The number of hydrogen-bond acceptors (Lipinski definition) is 2. The van der Waals surface area contributed by atoms with Crippen molar-refractivity contribution in [3.8, 4) is 0 Å². The van der Waals surface area contributed by atoms with Crippen LogP contribution in [0.1, 0.15) is 33.1 Å². The van der Waals surface area contributed by atoms with E-state index in [0.29, 0.717) is 10.6 Å². The molecule has 3 aromatic rings. The third-order valence-corrected chi connectivity index (χ3v) is 5.26. The van der Waals surface area contributed by atoms with E-state index in [9.17, 15) is 9.59 Å². The van der Waals surface area contributed by atoms with Crippen LogP contribution in [0.15, 0.2) is 78.9 Å². The summed E-state index contributed by atoms with van der Waals surface area (Å²) in [6, 6.07) is 23.1. The third kappa shape index (κ3) is 4.26. The SMILES string of the molecule is Cc1cccc(C(=O)N[C@@H]2C(=O)N/[N+](=C\c3ccccc3)[C@H]2c2ccc(Cl)cc2)c1. The minimum Gasteiger partial charge on any atom is -0.334 e. The number of carbonyl (C=O) groups is 2. The van der Waals surface area contributed by atoms with Gasteiger partial charge in [0, 0.05) is 21.7 Å². The van der Waals surface area contributed by atoms with E-state index >= 15 is 0 Å². The summed E-state index contributed by atoms with van der Waals surface area (Å²) in [6.07, 6.45) is 1.86. The molecule has 0 spiro atoms. The monoisotopic (exact) mass is 418 g/mol. The van der Waals surface area contributed by atoms with Crippen LogP contribution in [-0.4, -0.2) is 28.8 Å². The second-order valence-electron chi connectivity index (χ2n) is 7.24. The molecule has 4 rings (SSSR count). The van der Waals surface area contributed by atoms with E-state index in [1.54, 1.807) is 28.9 Å². The van der Waals surface area contributed by atoms with Crippen LogP contribution in [0, 0.1) is 6.92 Å². The largest absolute Gasteiger partial charge is 0.334 e. The molecule has 2 N–H and O–H groups in total. The molecular formula is C24H21ClN3O2+. The Labute approximate surface area is 180 Å². The van der Waals surface area contributed by atoms with Crippen molar-refractivity contribution in [1.29, 1.82) is 0 Å². The fraction of sp³-hybridized carbons (Fsp3) is 0.125. The van der Waals surface area contributed by atoms with E-state index in [1.165, 1.54) is 0 Å². The number of benzene rings is 3. The molecule has 1 fully saturated rings. The fourth-order valence-corrected chi connectivity index (χ4v) is 3.68. The van der Waals surface area contributed by atoms with Crippen LogP contribution in [0.4, 0.5) is 0 Å². The van der Waals surface area contributed by atoms with Gasteiger partial charge < -0.3 is 5.32 Å². The molecule has 0 aliphatic carbocycles. The molecule has 2 atom stereocenters. The highest BCUT2D eigenvalue weighted by Gasteiger charge is 2.47. The minimum absolute atomic E-state index is 0.275. The molecule has 3 aromatic carbocycles. The summed E-state index contributed by atoms with van der Waals surface area (Å²) in [6.45, 7) is 1.92. The number of nitrogens with zero attached hydrogens (tertiary/aromatic N) is 1. The summed E-state index contributed by atoms with van der Waals surface area (Å²) in [5.74, 6) is -0.567. The maximum absolute atomic E-state index is 12.9. The van der Waals surface area contributed by atoms with Crippen LogP contribution >= 0.6 is 11.6 Å². The van der Waals surface area contributed by atoms with Crippen molar-refractivity contribution >= 4 is 29.6 Å². The Bertz CT molecular complexity index is 1110. The lowest BCUT2D eigenvalue weighted by Crippen LogP contribution is -2.42. The average molecular weight is 419 g/mol. The van der Waals surface area contributed by atoms with Crippen LogP contribution in [-0.2, 0) is 4.79 Å². The molecule has 0 unspecified atom stereocenters. The molecule has 1 aliphatic rings. The number of hydrazine groups is 1. The highest BCUT2D eigenvalue weighted by Crippen LogP contribution is 2.26. The Morgan fingerprint density at radius 2 is 1.77 bits per heavy atom. The van der Waals surface area contributed by atoms with Gasteiger partial charge in [0.05, 0.1) is 0 Å². The number of aryl methyl sites for hydroxylation is 1. The molecule has 0 aromatic heterocycles. The van der Waals surface area contributed by atoms with E-state index in [1.807, 2.05) is 67.7 Å². The van der Waals surface area contributed by atoms with Crippen LogP contribution in [0.3, 0.4) is 0 Å². The van der Waals surface area contributed by atoms with Crippen molar-refractivity contribution in [2.24, 2.45) is 0 Å². The fourth-order valence-electron chi connectivity index (χ4n) is 3.55. The first-order valence-electron chi connectivity index (χ1n) is 9.63. The van der Waals surface area contributed by atoms with Crippen molar-refractivity contribution in [3.05, 3.63) is 106 Å². The normalized spacial score (nSPS) is 19.5. The molecular weight excluding hydrogens is 398 g/mol. The first kappa shape index (κ1) is 19.9. The summed E-state index contributed by atoms with van der Waals surface area (Å²) in [5, 5.41) is 3.51. The van der Waals surface area contributed by atoms with Gasteiger partial charge >= 0.3 is 5.91 Å². The maximum atomic E-state index is 12.9. The Kier molecular flexibility index (Phi) is 5.63. The number of hydrogen-bond donors (Lipinski definition) is 2. The Hall–Kier alpha value is -3.44. The summed E-state index contributed by atoms with van der Waals surface area (Å²) in [4.78, 5) is 25.7. The number of amides is 2. The number of halogens is 1. The second kappa shape index (κ2) is 8.51. The molecule has 1 aliphatic heterocycles. The first-order chi connectivity index (χ1) is 14.5. The molecule has 0 bridgehead atoms. The van der Waals surface area contributed by atoms with Crippen LogP contribution in [0.25, 0.3) is 0 Å². The molecule has 2 amide bonds. The molecule has 1 heterocycles. The van der Waals surface area contributed by atoms with E-state index in [4.69, 9.17) is 11.6 Å². The van der Waals surface area contributed by atoms with E-state index in [-0.39, 0.29) is 11.8 Å². The van der Waals surface area contributed by atoms with Crippen LogP contribution < -0.4 is 10.7 Å². The van der Waals surface area contributed by atoms with Crippen molar-refractivity contribution in [2.45, 2.75) is 19.0 Å². The van der Waals surface area contributed by atoms with Crippen molar-refractivity contribution in [2.75, 3.05) is 0 Å². The molecule has 6 heteroatoms. The van der Waals surface area contributed by atoms with Gasteiger partial charge in [-0.1, -0.05) is 59.6 Å². The van der Waals surface area contributed by atoms with Gasteiger partial charge in [-0.3, -0.25) is 9.59 Å². The lowest BCUT2D eigenvalue weighted by Gasteiger charge is -2.15. The third-order valence-electron chi connectivity index (χ3n) is 5.00. The van der Waals surface area contributed by atoms with E-state index in [2.05, 4.69) is 10.7 Å². The predicted octanol–water partition coefficient (Wildman–Crippen LogP) is 3.66. The van der Waals surface area contributed by atoms with Gasteiger partial charge in [-0.25, -0.2) is 0 Å².